The summed E-state index contributed by atoms with van der Waals surface area (Å²) in [7, 11) is 2.95. The van der Waals surface area contributed by atoms with Crippen LogP contribution in [-0.2, 0) is 9.53 Å². The van der Waals surface area contributed by atoms with Crippen molar-refractivity contribution in [1.82, 2.24) is 4.57 Å². The third kappa shape index (κ3) is 4.17. The number of rotatable bonds is 4. The van der Waals surface area contributed by atoms with Crippen LogP contribution in [0.1, 0.15) is 24.1 Å². The summed E-state index contributed by atoms with van der Waals surface area (Å²) in [5, 5.41) is 0. The first kappa shape index (κ1) is 23.2. The van der Waals surface area contributed by atoms with E-state index < -0.39 is 12.0 Å². The molecule has 3 aromatic rings. The van der Waals surface area contributed by atoms with E-state index >= 15 is 0 Å². The van der Waals surface area contributed by atoms with E-state index in [1.54, 1.807) is 18.6 Å². The Morgan fingerprint density at radius 1 is 1.19 bits per heavy atom. The van der Waals surface area contributed by atoms with Gasteiger partial charge in [0, 0.05) is 9.13 Å². The van der Waals surface area contributed by atoms with Gasteiger partial charge in [0.1, 0.15) is 5.75 Å². The molecule has 0 bridgehead atoms. The molecule has 1 unspecified atom stereocenters. The summed E-state index contributed by atoms with van der Waals surface area (Å²) in [6.07, 6.45) is 1.83. The van der Waals surface area contributed by atoms with Gasteiger partial charge in [0.25, 0.3) is 5.56 Å². The van der Waals surface area contributed by atoms with Crippen LogP contribution >= 0.6 is 56.5 Å². The molecule has 164 valence electrons. The van der Waals surface area contributed by atoms with Crippen LogP contribution in [0.3, 0.4) is 0 Å². The van der Waals surface area contributed by atoms with Crippen LogP contribution in [0.5, 0.6) is 5.75 Å². The molecule has 0 aliphatic carbocycles. The Hall–Kier alpha value is -1.99. The number of aromatic nitrogens is 1. The SMILES string of the molecule is COC(=O)C1=C(C)N=c2sc(=Cc3cc(I)cc(I)c3OC)c(=O)n2C1c1ccccc1. The lowest BCUT2D eigenvalue weighted by Crippen LogP contribution is -2.39. The lowest BCUT2D eigenvalue weighted by molar-refractivity contribution is -0.136. The quantitative estimate of drug-likeness (QED) is 0.314. The summed E-state index contributed by atoms with van der Waals surface area (Å²) in [6, 6.07) is 12.8. The molecule has 0 N–H and O–H groups in total. The van der Waals surface area contributed by atoms with Gasteiger partial charge in [0.05, 0.1) is 39.6 Å². The van der Waals surface area contributed by atoms with Crippen LogP contribution in [-0.4, -0.2) is 24.8 Å². The number of thiazole rings is 1. The van der Waals surface area contributed by atoms with Gasteiger partial charge >= 0.3 is 5.97 Å². The van der Waals surface area contributed by atoms with Gasteiger partial charge in [-0.05, 0) is 75.9 Å². The van der Waals surface area contributed by atoms with Gasteiger partial charge in [-0.1, -0.05) is 41.7 Å². The molecule has 4 rings (SSSR count). The first-order valence-electron chi connectivity index (χ1n) is 9.54. The Labute approximate surface area is 215 Å². The highest BCUT2D eigenvalue weighted by Gasteiger charge is 2.32. The predicted molar refractivity (Wildman–Crippen MR) is 141 cm³/mol. The molecule has 0 saturated carbocycles. The standard InChI is InChI=1S/C23H18I2N2O4S/c1-12-18(22(29)31-3)19(13-7-5-4-6-8-13)27-21(28)17(32-23(27)26-12)10-14-9-15(24)11-16(25)20(14)30-2/h4-11,19H,1-3H3. The predicted octanol–water partition coefficient (Wildman–Crippen LogP) is 3.63. The Kier molecular flexibility index (Phi) is 6.86. The summed E-state index contributed by atoms with van der Waals surface area (Å²) in [5.74, 6) is 0.214. The Morgan fingerprint density at radius 3 is 2.56 bits per heavy atom. The van der Waals surface area contributed by atoms with E-state index in [1.807, 2.05) is 48.5 Å². The third-order valence-corrected chi connectivity index (χ3v) is 7.48. The van der Waals surface area contributed by atoms with Crippen molar-refractivity contribution in [2.75, 3.05) is 14.2 Å². The van der Waals surface area contributed by atoms with E-state index in [4.69, 9.17) is 9.47 Å². The molecule has 0 saturated heterocycles. The number of esters is 1. The lowest BCUT2D eigenvalue weighted by atomic mass is 9.96. The number of carbonyl (C=O) groups is 1. The molecular weight excluding hydrogens is 654 g/mol. The molecule has 1 aliphatic rings. The molecule has 1 aliphatic heterocycles. The highest BCUT2D eigenvalue weighted by molar-refractivity contribution is 14.1. The van der Waals surface area contributed by atoms with Crippen molar-refractivity contribution in [3.63, 3.8) is 0 Å². The van der Waals surface area contributed by atoms with E-state index in [0.717, 1.165) is 18.3 Å². The van der Waals surface area contributed by atoms with Crippen LogP contribution < -0.4 is 19.6 Å². The van der Waals surface area contributed by atoms with Crippen molar-refractivity contribution in [2.24, 2.45) is 4.99 Å². The molecular formula is C23H18I2N2O4S. The van der Waals surface area contributed by atoms with Crippen molar-refractivity contribution in [1.29, 1.82) is 0 Å². The molecule has 0 radical (unpaired) electrons. The number of allylic oxidation sites excluding steroid dienone is 1. The molecule has 2 heterocycles. The maximum absolute atomic E-state index is 13.6. The monoisotopic (exact) mass is 672 g/mol. The molecule has 1 aromatic heterocycles. The fourth-order valence-electron chi connectivity index (χ4n) is 3.69. The largest absolute Gasteiger partial charge is 0.495 e. The number of hydrogen-bond donors (Lipinski definition) is 0. The fraction of sp³-hybridized carbons (Fsp3) is 0.174. The second kappa shape index (κ2) is 9.48. The number of carbonyl (C=O) groups excluding carboxylic acids is 1. The maximum Gasteiger partial charge on any atom is 0.338 e. The Bertz CT molecular complexity index is 1420. The average molecular weight is 672 g/mol. The topological polar surface area (TPSA) is 69.9 Å². The van der Waals surface area contributed by atoms with E-state index in [0.29, 0.717) is 26.4 Å². The number of fused-ring (bicyclic) bond motifs is 1. The van der Waals surface area contributed by atoms with E-state index in [2.05, 4.69) is 50.2 Å². The van der Waals surface area contributed by atoms with E-state index in [-0.39, 0.29) is 5.56 Å². The van der Waals surface area contributed by atoms with Crippen molar-refractivity contribution in [3.05, 3.63) is 91.7 Å². The van der Waals surface area contributed by atoms with Gasteiger partial charge in [0.2, 0.25) is 0 Å². The highest BCUT2D eigenvalue weighted by atomic mass is 127. The molecule has 0 fully saturated rings. The number of ether oxygens (including phenoxy) is 2. The van der Waals surface area contributed by atoms with Gasteiger partial charge in [0.15, 0.2) is 4.80 Å². The van der Waals surface area contributed by atoms with Crippen LogP contribution in [0.25, 0.3) is 6.08 Å². The summed E-state index contributed by atoms with van der Waals surface area (Å²) in [5.41, 5.74) is 2.32. The summed E-state index contributed by atoms with van der Waals surface area (Å²) < 4.78 is 14.7. The number of benzene rings is 2. The zero-order valence-corrected chi connectivity index (χ0v) is 22.5. The van der Waals surface area contributed by atoms with Crippen molar-refractivity contribution < 1.29 is 14.3 Å². The smallest absolute Gasteiger partial charge is 0.338 e. The Morgan fingerprint density at radius 2 is 1.91 bits per heavy atom. The summed E-state index contributed by atoms with van der Waals surface area (Å²) in [4.78, 5) is 31.4. The lowest BCUT2D eigenvalue weighted by Gasteiger charge is -2.24. The van der Waals surface area contributed by atoms with Gasteiger partial charge in [-0.2, -0.15) is 0 Å². The molecule has 0 amide bonds. The van der Waals surface area contributed by atoms with E-state index in [1.165, 1.54) is 18.4 Å². The number of halogens is 2. The zero-order valence-electron chi connectivity index (χ0n) is 17.4. The van der Waals surface area contributed by atoms with Crippen molar-refractivity contribution in [2.45, 2.75) is 13.0 Å². The number of nitrogens with zero attached hydrogens (tertiary/aromatic N) is 2. The minimum atomic E-state index is -0.611. The molecule has 6 nitrogen and oxygen atoms in total. The molecule has 0 spiro atoms. The second-order valence-electron chi connectivity index (χ2n) is 6.99. The first-order valence-corrected chi connectivity index (χ1v) is 12.5. The fourth-order valence-corrected chi connectivity index (χ4v) is 6.83. The molecule has 32 heavy (non-hydrogen) atoms. The van der Waals surface area contributed by atoms with E-state index in [9.17, 15) is 9.59 Å². The zero-order chi connectivity index (χ0) is 23.0. The second-order valence-corrected chi connectivity index (χ2v) is 10.4. The van der Waals surface area contributed by atoms with Gasteiger partial charge in [-0.15, -0.1) is 0 Å². The minimum Gasteiger partial charge on any atom is -0.495 e. The average Bonchev–Trinajstić information content (AvgIpc) is 3.07. The van der Waals surface area contributed by atoms with Crippen LogP contribution in [0.15, 0.2) is 63.5 Å². The van der Waals surface area contributed by atoms with Gasteiger partial charge in [-0.3, -0.25) is 9.36 Å². The number of hydrogen-bond acceptors (Lipinski definition) is 6. The van der Waals surface area contributed by atoms with Crippen molar-refractivity contribution >= 4 is 68.6 Å². The summed E-state index contributed by atoms with van der Waals surface area (Å²) in [6.45, 7) is 1.77. The molecule has 2 aromatic carbocycles. The molecule has 9 heteroatoms. The molecule has 1 atom stereocenters. The number of methoxy groups -OCH3 is 2. The third-order valence-electron chi connectivity index (χ3n) is 5.07. The van der Waals surface area contributed by atoms with Crippen LogP contribution in [0, 0.1) is 7.14 Å². The van der Waals surface area contributed by atoms with Crippen LogP contribution in [0.4, 0.5) is 0 Å². The normalized spacial score (nSPS) is 15.9. The highest BCUT2D eigenvalue weighted by Crippen LogP contribution is 2.31. The Balaban J connectivity index is 2.00. The van der Waals surface area contributed by atoms with Crippen molar-refractivity contribution in [3.8, 4) is 5.75 Å². The van der Waals surface area contributed by atoms with Crippen LogP contribution in [0.2, 0.25) is 0 Å². The summed E-state index contributed by atoms with van der Waals surface area (Å²) >= 11 is 5.76. The minimum absolute atomic E-state index is 0.215. The van der Waals surface area contributed by atoms with Gasteiger partial charge < -0.3 is 9.47 Å². The van der Waals surface area contributed by atoms with Gasteiger partial charge in [-0.25, -0.2) is 9.79 Å². The first-order chi connectivity index (χ1) is 15.3. The maximum atomic E-state index is 13.6.